The Morgan fingerprint density at radius 1 is 1.35 bits per heavy atom. The molecule has 1 N–H and O–H groups in total. The molecule has 1 saturated heterocycles. The summed E-state index contributed by atoms with van der Waals surface area (Å²) < 4.78 is 11.2. The summed E-state index contributed by atoms with van der Waals surface area (Å²) in [6.45, 7) is 6.23. The van der Waals surface area contributed by atoms with E-state index in [0.29, 0.717) is 24.1 Å². The highest BCUT2D eigenvalue weighted by Crippen LogP contribution is 2.28. The van der Waals surface area contributed by atoms with Gasteiger partial charge in [0, 0.05) is 12.6 Å². The van der Waals surface area contributed by atoms with Crippen LogP contribution in [0.4, 0.5) is 0 Å². The third-order valence-electron chi connectivity index (χ3n) is 4.36. The SMILES string of the molecule is C/C=C/c1ccc(OCC(O)CN2CCCCC2C)c(OC)c1. The molecule has 0 amide bonds. The minimum Gasteiger partial charge on any atom is -0.493 e. The highest BCUT2D eigenvalue weighted by molar-refractivity contribution is 5.55. The van der Waals surface area contributed by atoms with E-state index in [1.54, 1.807) is 7.11 Å². The maximum atomic E-state index is 10.3. The number of piperidine rings is 1. The van der Waals surface area contributed by atoms with Gasteiger partial charge in [0.1, 0.15) is 12.7 Å². The zero-order valence-corrected chi connectivity index (χ0v) is 14.5. The van der Waals surface area contributed by atoms with Crippen molar-refractivity contribution >= 4 is 6.08 Å². The van der Waals surface area contributed by atoms with Crippen LogP contribution >= 0.6 is 0 Å². The van der Waals surface area contributed by atoms with E-state index >= 15 is 0 Å². The maximum absolute atomic E-state index is 10.3. The van der Waals surface area contributed by atoms with E-state index in [1.165, 1.54) is 19.3 Å². The molecule has 1 fully saturated rings. The first-order valence-corrected chi connectivity index (χ1v) is 8.49. The molecule has 4 nitrogen and oxygen atoms in total. The average molecular weight is 319 g/mol. The van der Waals surface area contributed by atoms with Crippen LogP contribution in [0.1, 0.15) is 38.7 Å². The molecule has 4 heteroatoms. The zero-order valence-electron chi connectivity index (χ0n) is 14.5. The number of aliphatic hydroxyl groups excluding tert-OH is 1. The molecule has 0 aliphatic carbocycles. The molecule has 2 rings (SSSR count). The lowest BCUT2D eigenvalue weighted by Crippen LogP contribution is -2.43. The van der Waals surface area contributed by atoms with E-state index in [-0.39, 0.29) is 6.61 Å². The minimum absolute atomic E-state index is 0.280. The molecule has 0 spiro atoms. The number of benzene rings is 1. The number of rotatable bonds is 7. The van der Waals surface area contributed by atoms with E-state index in [1.807, 2.05) is 37.3 Å². The number of nitrogens with zero attached hydrogens (tertiary/aromatic N) is 1. The Bertz CT molecular complexity index is 515. The molecule has 1 aromatic rings. The van der Waals surface area contributed by atoms with Crippen molar-refractivity contribution in [3.8, 4) is 11.5 Å². The van der Waals surface area contributed by atoms with E-state index in [0.717, 1.165) is 12.1 Å². The van der Waals surface area contributed by atoms with Gasteiger partial charge in [-0.1, -0.05) is 24.6 Å². The van der Waals surface area contributed by atoms with Crippen LogP contribution in [0.25, 0.3) is 6.08 Å². The van der Waals surface area contributed by atoms with Gasteiger partial charge >= 0.3 is 0 Å². The Morgan fingerprint density at radius 2 is 2.17 bits per heavy atom. The third kappa shape index (κ3) is 5.26. The van der Waals surface area contributed by atoms with Gasteiger partial charge in [-0.05, 0) is 50.9 Å². The predicted molar refractivity (Wildman–Crippen MR) is 94.1 cm³/mol. The van der Waals surface area contributed by atoms with Crippen molar-refractivity contribution in [2.45, 2.75) is 45.3 Å². The predicted octanol–water partition coefficient (Wildman–Crippen LogP) is 3.34. The molecule has 1 aromatic carbocycles. The van der Waals surface area contributed by atoms with Crippen LogP contribution in [0.2, 0.25) is 0 Å². The summed E-state index contributed by atoms with van der Waals surface area (Å²) in [5, 5.41) is 10.3. The van der Waals surface area contributed by atoms with Crippen LogP contribution < -0.4 is 9.47 Å². The highest BCUT2D eigenvalue weighted by atomic mass is 16.5. The van der Waals surface area contributed by atoms with Crippen molar-refractivity contribution in [2.75, 3.05) is 26.8 Å². The fraction of sp³-hybridized carbons (Fsp3) is 0.579. The van der Waals surface area contributed by atoms with Gasteiger partial charge in [-0.2, -0.15) is 0 Å². The van der Waals surface area contributed by atoms with Gasteiger partial charge in [-0.25, -0.2) is 0 Å². The molecule has 128 valence electrons. The first-order chi connectivity index (χ1) is 11.1. The number of aliphatic hydroxyl groups is 1. The van der Waals surface area contributed by atoms with Crippen molar-refractivity contribution < 1.29 is 14.6 Å². The van der Waals surface area contributed by atoms with Crippen LogP contribution in [-0.4, -0.2) is 49.0 Å². The number of allylic oxidation sites excluding steroid dienone is 1. The maximum Gasteiger partial charge on any atom is 0.161 e. The molecule has 0 radical (unpaired) electrons. The lowest BCUT2D eigenvalue weighted by atomic mass is 10.0. The lowest BCUT2D eigenvalue weighted by molar-refractivity contribution is 0.0431. The number of methoxy groups -OCH3 is 1. The summed E-state index contributed by atoms with van der Waals surface area (Å²) in [5.74, 6) is 1.37. The van der Waals surface area contributed by atoms with Gasteiger partial charge < -0.3 is 14.6 Å². The third-order valence-corrected chi connectivity index (χ3v) is 4.36. The lowest BCUT2D eigenvalue weighted by Gasteiger charge is -2.34. The number of likely N-dealkylation sites (tertiary alicyclic amines) is 1. The Morgan fingerprint density at radius 3 is 2.87 bits per heavy atom. The monoisotopic (exact) mass is 319 g/mol. The minimum atomic E-state index is -0.490. The van der Waals surface area contributed by atoms with E-state index in [9.17, 15) is 5.11 Å². The van der Waals surface area contributed by atoms with E-state index in [4.69, 9.17) is 9.47 Å². The molecular formula is C19H29NO3. The quantitative estimate of drug-likeness (QED) is 0.837. The van der Waals surface area contributed by atoms with Crippen LogP contribution in [0.3, 0.4) is 0 Å². The van der Waals surface area contributed by atoms with Gasteiger partial charge in [-0.15, -0.1) is 0 Å². The van der Waals surface area contributed by atoms with Crippen molar-refractivity contribution in [1.29, 1.82) is 0 Å². The van der Waals surface area contributed by atoms with E-state index < -0.39 is 6.10 Å². The second-order valence-corrected chi connectivity index (χ2v) is 6.21. The normalized spacial score (nSPS) is 20.6. The summed E-state index contributed by atoms with van der Waals surface area (Å²) in [4.78, 5) is 2.35. The fourth-order valence-electron chi connectivity index (χ4n) is 3.04. The Balaban J connectivity index is 1.89. The number of β-amino-alcohol motifs (C(OH)–C–C–N with tert-alkyl or cyclic N) is 1. The second-order valence-electron chi connectivity index (χ2n) is 6.21. The van der Waals surface area contributed by atoms with Gasteiger partial charge in [-0.3, -0.25) is 4.90 Å². The van der Waals surface area contributed by atoms with Crippen molar-refractivity contribution in [3.05, 3.63) is 29.8 Å². The highest BCUT2D eigenvalue weighted by Gasteiger charge is 2.21. The Hall–Kier alpha value is -1.52. The molecule has 0 aromatic heterocycles. The Labute approximate surface area is 139 Å². The summed E-state index contributed by atoms with van der Waals surface area (Å²) in [5.41, 5.74) is 1.07. The first-order valence-electron chi connectivity index (χ1n) is 8.49. The van der Waals surface area contributed by atoms with Crippen molar-refractivity contribution in [3.63, 3.8) is 0 Å². The number of hydrogen-bond acceptors (Lipinski definition) is 4. The van der Waals surface area contributed by atoms with Gasteiger partial charge in [0.05, 0.1) is 7.11 Å². The second kappa shape index (κ2) is 8.94. The molecule has 1 aliphatic heterocycles. The van der Waals surface area contributed by atoms with Crippen LogP contribution in [0.5, 0.6) is 11.5 Å². The van der Waals surface area contributed by atoms with E-state index in [2.05, 4.69) is 11.8 Å². The smallest absolute Gasteiger partial charge is 0.161 e. The summed E-state index contributed by atoms with van der Waals surface area (Å²) in [6.07, 6.45) is 7.24. The molecule has 2 atom stereocenters. The molecule has 23 heavy (non-hydrogen) atoms. The van der Waals surface area contributed by atoms with Crippen molar-refractivity contribution in [1.82, 2.24) is 4.90 Å². The average Bonchev–Trinajstić information content (AvgIpc) is 2.56. The van der Waals surface area contributed by atoms with Crippen LogP contribution in [0, 0.1) is 0 Å². The number of hydrogen-bond donors (Lipinski definition) is 1. The van der Waals surface area contributed by atoms with Crippen LogP contribution in [-0.2, 0) is 0 Å². The van der Waals surface area contributed by atoms with Crippen molar-refractivity contribution in [2.24, 2.45) is 0 Å². The fourth-order valence-corrected chi connectivity index (χ4v) is 3.04. The van der Waals surface area contributed by atoms with Gasteiger partial charge in [0.2, 0.25) is 0 Å². The summed E-state index contributed by atoms with van der Waals surface area (Å²) in [6, 6.07) is 6.36. The molecule has 1 heterocycles. The Kier molecular flexibility index (Phi) is 6.93. The molecule has 0 bridgehead atoms. The zero-order chi connectivity index (χ0) is 16.7. The van der Waals surface area contributed by atoms with Gasteiger partial charge in [0.25, 0.3) is 0 Å². The molecule has 0 saturated carbocycles. The first kappa shape index (κ1) is 17.8. The topological polar surface area (TPSA) is 41.9 Å². The van der Waals surface area contributed by atoms with Gasteiger partial charge in [0.15, 0.2) is 11.5 Å². The largest absolute Gasteiger partial charge is 0.493 e. The summed E-state index contributed by atoms with van der Waals surface area (Å²) in [7, 11) is 1.63. The standard InChI is InChI=1S/C19H29NO3/c1-4-7-16-9-10-18(19(12-16)22-3)23-14-17(21)13-20-11-6-5-8-15(20)2/h4,7,9-10,12,15,17,21H,5-6,8,11,13-14H2,1-3H3/b7-4+. The number of ether oxygens (including phenoxy) is 2. The summed E-state index contributed by atoms with van der Waals surface area (Å²) >= 11 is 0. The van der Waals surface area contributed by atoms with Crippen LogP contribution in [0.15, 0.2) is 24.3 Å². The molecule has 2 unspecified atom stereocenters. The molecule has 1 aliphatic rings. The molecular weight excluding hydrogens is 290 g/mol.